The molecule has 114 valence electrons. The first-order valence-corrected chi connectivity index (χ1v) is 7.46. The quantitative estimate of drug-likeness (QED) is 0.527. The molecule has 2 aromatic carbocycles. The summed E-state index contributed by atoms with van der Waals surface area (Å²) in [4.78, 5) is 15.2. The van der Waals surface area contributed by atoms with Crippen molar-refractivity contribution in [3.8, 4) is 17.0 Å². The van der Waals surface area contributed by atoms with Crippen LogP contribution in [0, 0.1) is 10.1 Å². The molecule has 1 aliphatic heterocycles. The van der Waals surface area contributed by atoms with Gasteiger partial charge in [-0.3, -0.25) is 10.1 Å². The number of ether oxygens (including phenoxy) is 1. The van der Waals surface area contributed by atoms with Crippen molar-refractivity contribution < 1.29 is 9.66 Å². The fourth-order valence-electron chi connectivity index (χ4n) is 3.06. The third-order valence-corrected chi connectivity index (χ3v) is 4.10. The lowest BCUT2D eigenvalue weighted by molar-refractivity contribution is -0.384. The maximum absolute atomic E-state index is 10.8. The normalized spacial score (nSPS) is 16.1. The molecule has 3 aromatic rings. The number of rotatable bonds is 2. The summed E-state index contributed by atoms with van der Waals surface area (Å²) in [5, 5.41) is 11.8. The molecule has 5 heteroatoms. The van der Waals surface area contributed by atoms with E-state index >= 15 is 0 Å². The third kappa shape index (κ3) is 2.21. The van der Waals surface area contributed by atoms with E-state index < -0.39 is 4.92 Å². The van der Waals surface area contributed by atoms with E-state index in [4.69, 9.17) is 9.72 Å². The van der Waals surface area contributed by atoms with Crippen molar-refractivity contribution in [2.75, 3.05) is 0 Å². The van der Waals surface area contributed by atoms with Crippen LogP contribution in [-0.4, -0.2) is 16.0 Å². The standard InChI is InChI=1S/C18H14N2O3/c1-11-10-15-17(12-6-8-13(9-7-12)20(21)22)19-16-5-3-2-4-14(16)18(15)23-11/h2-9,11H,10H2,1H3. The highest BCUT2D eigenvalue weighted by Crippen LogP contribution is 2.41. The van der Waals surface area contributed by atoms with Gasteiger partial charge in [0.15, 0.2) is 0 Å². The molecule has 0 saturated carbocycles. The highest BCUT2D eigenvalue weighted by Gasteiger charge is 2.26. The molecule has 5 nitrogen and oxygen atoms in total. The molecule has 1 atom stereocenters. The molecule has 0 radical (unpaired) electrons. The maximum Gasteiger partial charge on any atom is 0.269 e. The Morgan fingerprint density at radius 1 is 1.17 bits per heavy atom. The smallest absolute Gasteiger partial charge is 0.269 e. The molecule has 23 heavy (non-hydrogen) atoms. The summed E-state index contributed by atoms with van der Waals surface area (Å²) in [5.74, 6) is 0.886. The Morgan fingerprint density at radius 2 is 1.91 bits per heavy atom. The van der Waals surface area contributed by atoms with Gasteiger partial charge in [-0.05, 0) is 31.2 Å². The number of hydrogen-bond acceptors (Lipinski definition) is 4. The van der Waals surface area contributed by atoms with Crippen molar-refractivity contribution in [2.24, 2.45) is 0 Å². The number of nitro benzene ring substituents is 1. The predicted octanol–water partition coefficient (Wildman–Crippen LogP) is 4.13. The van der Waals surface area contributed by atoms with Crippen LogP contribution in [0.25, 0.3) is 22.2 Å². The SMILES string of the molecule is CC1Cc2c(-c3ccc([N+](=O)[O-])cc3)nc3ccccc3c2O1. The van der Waals surface area contributed by atoms with Gasteiger partial charge in [-0.2, -0.15) is 0 Å². The largest absolute Gasteiger partial charge is 0.489 e. The number of benzene rings is 2. The zero-order valence-corrected chi connectivity index (χ0v) is 12.5. The molecule has 0 spiro atoms. The number of nitrogens with zero attached hydrogens (tertiary/aromatic N) is 2. The number of pyridine rings is 1. The maximum atomic E-state index is 10.8. The summed E-state index contributed by atoms with van der Waals surface area (Å²) in [6.07, 6.45) is 0.897. The summed E-state index contributed by atoms with van der Waals surface area (Å²) in [5.41, 5.74) is 3.74. The number of nitro groups is 1. The Hall–Kier alpha value is -2.95. The second kappa shape index (κ2) is 5.05. The fourth-order valence-corrected chi connectivity index (χ4v) is 3.06. The second-order valence-electron chi connectivity index (χ2n) is 5.72. The fraction of sp³-hybridized carbons (Fsp3) is 0.167. The Kier molecular flexibility index (Phi) is 3.01. The van der Waals surface area contributed by atoms with Gasteiger partial charge in [0.05, 0.1) is 16.1 Å². The molecule has 0 fully saturated rings. The number of hydrogen-bond donors (Lipinski definition) is 0. The van der Waals surface area contributed by atoms with Crippen LogP contribution in [0.2, 0.25) is 0 Å². The molecule has 1 aliphatic rings. The molecular formula is C18H14N2O3. The molecule has 1 unspecified atom stereocenters. The van der Waals surface area contributed by atoms with Crippen LogP contribution in [0.5, 0.6) is 5.75 Å². The number of fused-ring (bicyclic) bond motifs is 3. The van der Waals surface area contributed by atoms with Gasteiger partial charge < -0.3 is 4.74 Å². The first-order valence-electron chi connectivity index (χ1n) is 7.46. The molecule has 0 bridgehead atoms. The molecule has 4 rings (SSSR count). The number of non-ortho nitro benzene ring substituents is 1. The summed E-state index contributed by atoms with van der Waals surface area (Å²) in [6, 6.07) is 14.4. The first-order chi connectivity index (χ1) is 11.1. The minimum Gasteiger partial charge on any atom is -0.489 e. The Morgan fingerprint density at radius 3 is 2.65 bits per heavy atom. The van der Waals surface area contributed by atoms with Crippen molar-refractivity contribution in [3.63, 3.8) is 0 Å². The van der Waals surface area contributed by atoms with Crippen LogP contribution in [0.1, 0.15) is 12.5 Å². The summed E-state index contributed by atoms with van der Waals surface area (Å²) in [7, 11) is 0. The van der Waals surface area contributed by atoms with Crippen LogP contribution in [0.4, 0.5) is 5.69 Å². The van der Waals surface area contributed by atoms with E-state index in [9.17, 15) is 10.1 Å². The average Bonchev–Trinajstić information content (AvgIpc) is 2.96. The Labute approximate surface area is 132 Å². The Bertz CT molecular complexity index is 919. The number of aromatic nitrogens is 1. The van der Waals surface area contributed by atoms with E-state index in [1.165, 1.54) is 12.1 Å². The number of para-hydroxylation sites is 1. The van der Waals surface area contributed by atoms with Crippen LogP contribution in [0.15, 0.2) is 48.5 Å². The van der Waals surface area contributed by atoms with Gasteiger partial charge in [-0.25, -0.2) is 4.98 Å². The lowest BCUT2D eigenvalue weighted by atomic mass is 10.00. The topological polar surface area (TPSA) is 65.3 Å². The van der Waals surface area contributed by atoms with Gasteiger partial charge in [0.2, 0.25) is 0 Å². The van der Waals surface area contributed by atoms with Gasteiger partial charge >= 0.3 is 0 Å². The molecular weight excluding hydrogens is 292 g/mol. The molecule has 0 aliphatic carbocycles. The highest BCUT2D eigenvalue weighted by molar-refractivity contribution is 5.91. The van der Waals surface area contributed by atoms with Crippen molar-refractivity contribution in [3.05, 3.63) is 64.2 Å². The van der Waals surface area contributed by atoms with E-state index in [0.29, 0.717) is 0 Å². The molecule has 1 aromatic heterocycles. The lowest BCUT2D eigenvalue weighted by Crippen LogP contribution is -2.05. The van der Waals surface area contributed by atoms with Gasteiger partial charge in [-0.15, -0.1) is 0 Å². The van der Waals surface area contributed by atoms with Crippen molar-refractivity contribution in [1.29, 1.82) is 0 Å². The van der Waals surface area contributed by atoms with Crippen molar-refractivity contribution in [1.82, 2.24) is 4.98 Å². The summed E-state index contributed by atoms with van der Waals surface area (Å²) < 4.78 is 6.00. The Balaban J connectivity index is 1.93. The van der Waals surface area contributed by atoms with Crippen LogP contribution < -0.4 is 4.74 Å². The van der Waals surface area contributed by atoms with Gasteiger partial charge in [0.25, 0.3) is 5.69 Å². The minimum absolute atomic E-state index is 0.0794. The van der Waals surface area contributed by atoms with Gasteiger partial charge in [0, 0.05) is 35.1 Å². The van der Waals surface area contributed by atoms with E-state index in [2.05, 4.69) is 0 Å². The highest BCUT2D eigenvalue weighted by atomic mass is 16.6. The van der Waals surface area contributed by atoms with Gasteiger partial charge in [0.1, 0.15) is 11.9 Å². The van der Waals surface area contributed by atoms with Crippen LogP contribution >= 0.6 is 0 Å². The van der Waals surface area contributed by atoms with E-state index in [1.807, 2.05) is 31.2 Å². The lowest BCUT2D eigenvalue weighted by Gasteiger charge is -2.10. The van der Waals surface area contributed by atoms with E-state index in [0.717, 1.165) is 39.9 Å². The second-order valence-corrected chi connectivity index (χ2v) is 5.72. The van der Waals surface area contributed by atoms with Crippen LogP contribution in [-0.2, 0) is 6.42 Å². The minimum atomic E-state index is -0.396. The van der Waals surface area contributed by atoms with Crippen molar-refractivity contribution >= 4 is 16.6 Å². The first kappa shape index (κ1) is 13.7. The zero-order chi connectivity index (χ0) is 16.0. The monoisotopic (exact) mass is 306 g/mol. The third-order valence-electron chi connectivity index (χ3n) is 4.10. The molecule has 0 saturated heterocycles. The zero-order valence-electron chi connectivity index (χ0n) is 12.5. The van der Waals surface area contributed by atoms with E-state index in [1.54, 1.807) is 12.1 Å². The molecule has 2 heterocycles. The molecule has 0 N–H and O–H groups in total. The average molecular weight is 306 g/mol. The summed E-state index contributed by atoms with van der Waals surface area (Å²) in [6.45, 7) is 2.04. The van der Waals surface area contributed by atoms with E-state index in [-0.39, 0.29) is 11.8 Å². The predicted molar refractivity (Wildman–Crippen MR) is 87.6 cm³/mol. The van der Waals surface area contributed by atoms with Crippen molar-refractivity contribution in [2.45, 2.75) is 19.4 Å². The van der Waals surface area contributed by atoms with Crippen LogP contribution in [0.3, 0.4) is 0 Å². The van der Waals surface area contributed by atoms with Gasteiger partial charge in [-0.1, -0.05) is 12.1 Å². The molecule has 0 amide bonds. The summed E-state index contributed by atoms with van der Waals surface area (Å²) >= 11 is 0.